The van der Waals surface area contributed by atoms with Crippen molar-refractivity contribution < 1.29 is 9.90 Å². The Morgan fingerprint density at radius 1 is 1.69 bits per heavy atom. The molecule has 1 amide bonds. The molecule has 0 fully saturated rings. The summed E-state index contributed by atoms with van der Waals surface area (Å²) in [7, 11) is 0. The minimum atomic E-state index is -1.09. The van der Waals surface area contributed by atoms with Crippen molar-refractivity contribution in [3.05, 3.63) is 21.7 Å². The number of hydrogen-bond acceptors (Lipinski definition) is 3. The molecule has 1 N–H and O–H groups in total. The first kappa shape index (κ1) is 10.9. The highest BCUT2D eigenvalue weighted by Gasteiger charge is 2.29. The van der Waals surface area contributed by atoms with Crippen LogP contribution in [0.2, 0.25) is 5.15 Å². The summed E-state index contributed by atoms with van der Waals surface area (Å²) in [6, 6.07) is 1.22. The van der Waals surface area contributed by atoms with Gasteiger partial charge in [-0.25, -0.2) is 9.59 Å². The molecular formula is C9H10ClN3O3. The van der Waals surface area contributed by atoms with Gasteiger partial charge in [-0.15, -0.1) is 0 Å². The summed E-state index contributed by atoms with van der Waals surface area (Å²) in [4.78, 5) is 27.3. The molecule has 2 heterocycles. The fraction of sp³-hybridized carbons (Fsp3) is 0.444. The standard InChI is InChI=1S/C9H10ClN3O3/c1-5-2-3-12-7(13(5)9(15)16)4-6(10)11-8(12)14/h4-5H,2-3H2,1H3,(H,15,16)/t5-/m0/s1. The highest BCUT2D eigenvalue weighted by molar-refractivity contribution is 6.29. The summed E-state index contributed by atoms with van der Waals surface area (Å²) in [5.74, 6) is 0.288. The van der Waals surface area contributed by atoms with Gasteiger partial charge in [-0.1, -0.05) is 11.6 Å². The summed E-state index contributed by atoms with van der Waals surface area (Å²) in [6.07, 6.45) is -0.509. The Morgan fingerprint density at radius 3 is 3.00 bits per heavy atom. The summed E-state index contributed by atoms with van der Waals surface area (Å²) in [5.41, 5.74) is -0.513. The zero-order chi connectivity index (χ0) is 11.9. The van der Waals surface area contributed by atoms with E-state index < -0.39 is 11.8 Å². The van der Waals surface area contributed by atoms with Crippen molar-refractivity contribution >= 4 is 23.5 Å². The Kier molecular flexibility index (Phi) is 2.59. The van der Waals surface area contributed by atoms with Gasteiger partial charge in [0.15, 0.2) is 0 Å². The normalized spacial score (nSPS) is 19.4. The van der Waals surface area contributed by atoms with Gasteiger partial charge < -0.3 is 5.11 Å². The third kappa shape index (κ3) is 1.65. The third-order valence-electron chi connectivity index (χ3n) is 2.62. The van der Waals surface area contributed by atoms with Gasteiger partial charge in [-0.05, 0) is 13.3 Å². The van der Waals surface area contributed by atoms with E-state index in [-0.39, 0.29) is 17.0 Å². The van der Waals surface area contributed by atoms with Crippen molar-refractivity contribution in [3.63, 3.8) is 0 Å². The number of halogens is 1. The van der Waals surface area contributed by atoms with E-state index in [4.69, 9.17) is 16.7 Å². The zero-order valence-electron chi connectivity index (χ0n) is 8.55. The molecule has 86 valence electrons. The second kappa shape index (κ2) is 3.79. The van der Waals surface area contributed by atoms with Crippen LogP contribution < -0.4 is 10.6 Å². The van der Waals surface area contributed by atoms with Crippen LogP contribution in [0.1, 0.15) is 13.3 Å². The fourth-order valence-corrected chi connectivity index (χ4v) is 2.00. The molecule has 2 rings (SSSR count). The molecule has 1 atom stereocenters. The molecule has 0 radical (unpaired) electrons. The number of fused-ring (bicyclic) bond motifs is 1. The van der Waals surface area contributed by atoms with Crippen molar-refractivity contribution in [1.82, 2.24) is 9.55 Å². The monoisotopic (exact) mass is 243 g/mol. The molecule has 0 aromatic carbocycles. The van der Waals surface area contributed by atoms with Gasteiger partial charge in [0.2, 0.25) is 0 Å². The summed E-state index contributed by atoms with van der Waals surface area (Å²) < 4.78 is 1.32. The SMILES string of the molecule is C[C@H]1CCn2c(cc(Cl)nc2=O)N1C(=O)O. The van der Waals surface area contributed by atoms with Crippen LogP contribution in [-0.4, -0.2) is 26.8 Å². The van der Waals surface area contributed by atoms with Crippen LogP contribution in [0.3, 0.4) is 0 Å². The molecule has 1 aliphatic heterocycles. The lowest BCUT2D eigenvalue weighted by atomic mass is 10.1. The first-order valence-corrected chi connectivity index (χ1v) is 5.18. The first-order chi connectivity index (χ1) is 7.50. The summed E-state index contributed by atoms with van der Waals surface area (Å²) in [5, 5.41) is 9.10. The molecule has 1 aromatic rings. The van der Waals surface area contributed by atoms with Crippen LogP contribution in [0.15, 0.2) is 10.9 Å². The Balaban J connectivity index is 2.63. The predicted octanol–water partition coefficient (Wildman–Crippen LogP) is 1.17. The number of hydrogen-bond donors (Lipinski definition) is 1. The Bertz CT molecular complexity index is 499. The number of rotatable bonds is 0. The lowest BCUT2D eigenvalue weighted by Crippen LogP contribution is -2.46. The van der Waals surface area contributed by atoms with E-state index in [1.54, 1.807) is 6.92 Å². The molecular weight excluding hydrogens is 234 g/mol. The molecule has 0 saturated carbocycles. The summed E-state index contributed by atoms with van der Waals surface area (Å²) >= 11 is 5.66. The van der Waals surface area contributed by atoms with E-state index in [9.17, 15) is 9.59 Å². The van der Waals surface area contributed by atoms with Gasteiger partial charge in [0.05, 0.1) is 0 Å². The largest absolute Gasteiger partial charge is 0.465 e. The van der Waals surface area contributed by atoms with Crippen LogP contribution in [0.4, 0.5) is 10.6 Å². The van der Waals surface area contributed by atoms with Crippen LogP contribution in [0.25, 0.3) is 0 Å². The van der Waals surface area contributed by atoms with Crippen molar-refractivity contribution in [2.24, 2.45) is 0 Å². The zero-order valence-corrected chi connectivity index (χ0v) is 9.31. The van der Waals surface area contributed by atoms with Gasteiger partial charge >= 0.3 is 11.8 Å². The number of aromatic nitrogens is 2. The molecule has 1 aliphatic rings. The van der Waals surface area contributed by atoms with Crippen LogP contribution in [-0.2, 0) is 6.54 Å². The van der Waals surface area contributed by atoms with Crippen LogP contribution in [0, 0.1) is 0 Å². The molecule has 6 nitrogen and oxygen atoms in total. The van der Waals surface area contributed by atoms with Gasteiger partial charge in [0, 0.05) is 18.7 Å². The molecule has 16 heavy (non-hydrogen) atoms. The number of nitrogens with zero attached hydrogens (tertiary/aromatic N) is 3. The van der Waals surface area contributed by atoms with E-state index in [0.717, 1.165) is 4.90 Å². The van der Waals surface area contributed by atoms with Crippen LogP contribution >= 0.6 is 11.6 Å². The number of amides is 1. The number of carbonyl (C=O) groups is 1. The smallest absolute Gasteiger partial charge is 0.413 e. The minimum absolute atomic E-state index is 0.0107. The van der Waals surface area contributed by atoms with Crippen molar-refractivity contribution in [1.29, 1.82) is 0 Å². The van der Waals surface area contributed by atoms with Crippen molar-refractivity contribution in [3.8, 4) is 0 Å². The highest BCUT2D eigenvalue weighted by Crippen LogP contribution is 2.24. The Morgan fingerprint density at radius 2 is 2.38 bits per heavy atom. The second-order valence-electron chi connectivity index (χ2n) is 3.66. The van der Waals surface area contributed by atoms with Gasteiger partial charge in [0.1, 0.15) is 11.0 Å². The molecule has 0 bridgehead atoms. The van der Waals surface area contributed by atoms with E-state index in [1.165, 1.54) is 10.6 Å². The average molecular weight is 244 g/mol. The number of anilines is 1. The maximum absolute atomic E-state index is 11.5. The van der Waals surface area contributed by atoms with Gasteiger partial charge in [-0.2, -0.15) is 4.98 Å². The molecule has 1 aromatic heterocycles. The van der Waals surface area contributed by atoms with E-state index >= 15 is 0 Å². The average Bonchev–Trinajstić information content (AvgIpc) is 2.15. The minimum Gasteiger partial charge on any atom is -0.465 e. The van der Waals surface area contributed by atoms with Gasteiger partial charge in [0.25, 0.3) is 0 Å². The Labute approximate surface area is 96.1 Å². The molecule has 0 spiro atoms. The lowest BCUT2D eigenvalue weighted by molar-refractivity contribution is 0.196. The Hall–Kier alpha value is -1.56. The molecule has 0 unspecified atom stereocenters. The third-order valence-corrected chi connectivity index (χ3v) is 2.82. The number of carboxylic acid groups (broad SMARTS) is 1. The highest BCUT2D eigenvalue weighted by atomic mass is 35.5. The molecule has 0 saturated heterocycles. The quantitative estimate of drug-likeness (QED) is 0.694. The van der Waals surface area contributed by atoms with Gasteiger partial charge in [-0.3, -0.25) is 9.47 Å². The second-order valence-corrected chi connectivity index (χ2v) is 4.05. The predicted molar refractivity (Wildman–Crippen MR) is 58.1 cm³/mol. The maximum Gasteiger partial charge on any atom is 0.413 e. The van der Waals surface area contributed by atoms with E-state index in [0.29, 0.717) is 13.0 Å². The van der Waals surface area contributed by atoms with Crippen LogP contribution in [0.5, 0.6) is 0 Å². The molecule has 0 aliphatic carbocycles. The van der Waals surface area contributed by atoms with E-state index in [1.807, 2.05) is 0 Å². The summed E-state index contributed by atoms with van der Waals surface area (Å²) in [6.45, 7) is 2.25. The maximum atomic E-state index is 11.5. The van der Waals surface area contributed by atoms with E-state index in [2.05, 4.69) is 4.98 Å². The first-order valence-electron chi connectivity index (χ1n) is 4.80. The molecule has 7 heteroatoms. The van der Waals surface area contributed by atoms with Crippen molar-refractivity contribution in [2.45, 2.75) is 25.9 Å². The fourth-order valence-electron chi connectivity index (χ4n) is 1.83. The topological polar surface area (TPSA) is 75.4 Å². The van der Waals surface area contributed by atoms with Crippen molar-refractivity contribution in [2.75, 3.05) is 4.90 Å². The lowest BCUT2D eigenvalue weighted by Gasteiger charge is -2.33.